The Morgan fingerprint density at radius 2 is 1.76 bits per heavy atom. The van der Waals surface area contributed by atoms with Crippen LogP contribution in [0.15, 0.2) is 42.6 Å². The average molecular weight is 709 g/mol. The number of likely N-dealkylation sites (N-methyl/N-ethyl adjacent to an activating group) is 1. The number of carbonyl (C=O) groups is 2. The van der Waals surface area contributed by atoms with E-state index in [0.29, 0.717) is 41.9 Å². The lowest BCUT2D eigenvalue weighted by molar-refractivity contribution is 0.0414. The first-order valence-corrected chi connectivity index (χ1v) is 19.5. The van der Waals surface area contributed by atoms with Gasteiger partial charge in [0.15, 0.2) is 0 Å². The topological polar surface area (TPSA) is 84.6 Å². The molecule has 7 rings (SSSR count). The molecule has 1 saturated heterocycles. The van der Waals surface area contributed by atoms with E-state index < -0.39 is 0 Å². The van der Waals surface area contributed by atoms with Crippen LogP contribution >= 0.6 is 11.9 Å². The lowest BCUT2D eigenvalue weighted by atomic mass is 9.81. The smallest absolute Gasteiger partial charge is 0.261 e. The number of allylic oxidation sites excluding steroid dienone is 1. The van der Waals surface area contributed by atoms with E-state index in [2.05, 4.69) is 84.4 Å². The molecule has 10 heteroatoms. The van der Waals surface area contributed by atoms with Crippen LogP contribution in [-0.2, 0) is 13.6 Å². The molecule has 2 aromatic heterocycles. The first-order valence-electron chi connectivity index (χ1n) is 18.6. The highest BCUT2D eigenvalue weighted by Crippen LogP contribution is 2.48. The lowest BCUT2D eigenvalue weighted by Gasteiger charge is -2.42. The maximum absolute atomic E-state index is 14.4. The zero-order valence-electron chi connectivity index (χ0n) is 31.2. The van der Waals surface area contributed by atoms with Crippen LogP contribution in [0.4, 0.5) is 0 Å². The van der Waals surface area contributed by atoms with E-state index in [-0.39, 0.29) is 23.9 Å². The van der Waals surface area contributed by atoms with Crippen LogP contribution in [0.1, 0.15) is 110 Å². The monoisotopic (exact) mass is 708 g/mol. The van der Waals surface area contributed by atoms with Crippen molar-refractivity contribution < 1.29 is 14.3 Å². The van der Waals surface area contributed by atoms with Crippen LogP contribution in [0.25, 0.3) is 33.8 Å². The number of amides is 2. The summed E-state index contributed by atoms with van der Waals surface area (Å²) in [7, 11) is 5.77. The molecule has 0 radical (unpaired) electrons. The number of ether oxygens (including phenoxy) is 1. The summed E-state index contributed by atoms with van der Waals surface area (Å²) in [6.45, 7) is 10.5. The van der Waals surface area contributed by atoms with Gasteiger partial charge in [0, 0.05) is 59.5 Å². The summed E-state index contributed by atoms with van der Waals surface area (Å²) in [4.78, 5) is 32.2. The molecule has 270 valence electrons. The molecular weight excluding hydrogens is 657 g/mol. The number of aryl methyl sites for hydroxylation is 1. The van der Waals surface area contributed by atoms with Crippen molar-refractivity contribution >= 4 is 46.3 Å². The van der Waals surface area contributed by atoms with E-state index in [1.165, 1.54) is 47.9 Å². The zero-order valence-corrected chi connectivity index (χ0v) is 32.0. The van der Waals surface area contributed by atoms with Crippen LogP contribution in [0.2, 0.25) is 0 Å². The van der Waals surface area contributed by atoms with E-state index in [9.17, 15) is 9.59 Å². The molecule has 2 aliphatic heterocycles. The lowest BCUT2D eigenvalue weighted by Crippen LogP contribution is -2.56. The Balaban J connectivity index is 1.41. The molecule has 9 nitrogen and oxygen atoms in total. The Bertz CT molecular complexity index is 1980. The molecule has 3 atom stereocenters. The summed E-state index contributed by atoms with van der Waals surface area (Å²) in [5, 5.41) is 6.22. The average Bonchev–Trinajstić information content (AvgIpc) is 3.63. The molecule has 0 spiro atoms. The summed E-state index contributed by atoms with van der Waals surface area (Å²) in [6, 6.07) is 13.1. The summed E-state index contributed by atoms with van der Waals surface area (Å²) in [6.07, 6.45) is 10.9. The van der Waals surface area contributed by atoms with Crippen LogP contribution < -0.4 is 9.46 Å². The Morgan fingerprint density at radius 3 is 2.47 bits per heavy atom. The molecule has 4 aromatic rings. The minimum absolute atomic E-state index is 0.0131. The van der Waals surface area contributed by atoms with Gasteiger partial charge in [0.25, 0.3) is 11.8 Å². The Hall–Kier alpha value is -4.02. The van der Waals surface area contributed by atoms with Crippen molar-refractivity contribution in [3.8, 4) is 17.0 Å². The van der Waals surface area contributed by atoms with Crippen LogP contribution in [0.3, 0.4) is 0 Å². The van der Waals surface area contributed by atoms with E-state index in [1.54, 1.807) is 13.3 Å². The maximum Gasteiger partial charge on any atom is 0.261 e. The summed E-state index contributed by atoms with van der Waals surface area (Å²) in [5.41, 5.74) is 8.87. The van der Waals surface area contributed by atoms with Crippen LogP contribution in [-0.4, -0.2) is 80.5 Å². The van der Waals surface area contributed by atoms with Gasteiger partial charge in [-0.3, -0.25) is 23.9 Å². The normalized spacial score (nSPS) is 20.4. The predicted molar refractivity (Wildman–Crippen MR) is 208 cm³/mol. The molecule has 3 unspecified atom stereocenters. The fourth-order valence-corrected chi connectivity index (χ4v) is 8.93. The number of nitrogens with zero attached hydrogens (tertiary/aromatic N) is 5. The van der Waals surface area contributed by atoms with Gasteiger partial charge in [0.2, 0.25) is 0 Å². The van der Waals surface area contributed by atoms with E-state index >= 15 is 0 Å². The van der Waals surface area contributed by atoms with Gasteiger partial charge in [-0.2, -0.15) is 5.10 Å². The van der Waals surface area contributed by atoms with E-state index in [4.69, 9.17) is 4.74 Å². The van der Waals surface area contributed by atoms with Gasteiger partial charge in [-0.15, -0.1) is 0 Å². The SMILES string of the molecule is CCC(C)SNC(=O)c1ccc2c(C3CCCCC3)c3n(c2c1)CC(c1c(C(=O)N2CC(C)N(C)C(C)C2)cnn1C)=Cc1cc(OC)ccc1-3. The first-order chi connectivity index (χ1) is 24.6. The van der Waals surface area contributed by atoms with Crippen molar-refractivity contribution in [3.63, 3.8) is 0 Å². The van der Waals surface area contributed by atoms with Gasteiger partial charge in [-0.1, -0.05) is 39.2 Å². The number of methoxy groups -OCH3 is 1. The molecule has 3 aliphatic rings. The fourth-order valence-electron chi connectivity index (χ4n) is 8.34. The van der Waals surface area contributed by atoms with Crippen molar-refractivity contribution in [2.24, 2.45) is 7.05 Å². The standard InChI is InChI=1S/C41H52N6O3S/c1-8-27(4)51-43-40(48)29-14-16-34-36(20-29)47-24-31(38-35(21-42-45(38)6)41(49)46-22-25(2)44(5)26(3)23-46)18-30-19-32(50-7)15-17-33(30)39(47)37(34)28-12-10-9-11-13-28/h14-21,25-28H,8-13,22-24H2,1-7H3,(H,43,48). The third-order valence-electron chi connectivity index (χ3n) is 11.6. The van der Waals surface area contributed by atoms with Gasteiger partial charge < -0.3 is 14.2 Å². The number of aromatic nitrogens is 3. The molecule has 2 amide bonds. The summed E-state index contributed by atoms with van der Waals surface area (Å²) < 4.78 is 13.1. The molecule has 1 saturated carbocycles. The number of fused-ring (bicyclic) bond motifs is 5. The van der Waals surface area contributed by atoms with Crippen LogP contribution in [0.5, 0.6) is 5.75 Å². The molecular formula is C41H52N6O3S. The number of hydrogen-bond acceptors (Lipinski definition) is 6. The molecule has 1 aliphatic carbocycles. The van der Waals surface area contributed by atoms with Crippen LogP contribution in [0, 0.1) is 0 Å². The molecule has 4 heterocycles. The molecule has 51 heavy (non-hydrogen) atoms. The fraction of sp³-hybridized carbons (Fsp3) is 0.488. The third kappa shape index (κ3) is 6.61. The Morgan fingerprint density at radius 1 is 1.02 bits per heavy atom. The summed E-state index contributed by atoms with van der Waals surface area (Å²) in [5.74, 6) is 1.14. The number of piperazine rings is 1. The molecule has 0 bridgehead atoms. The second-order valence-corrected chi connectivity index (χ2v) is 16.2. The number of nitrogens with one attached hydrogen (secondary N) is 1. The van der Waals surface area contributed by atoms with Crippen molar-refractivity contribution in [1.29, 1.82) is 0 Å². The van der Waals surface area contributed by atoms with Gasteiger partial charge in [-0.05, 0) is 111 Å². The third-order valence-corrected chi connectivity index (χ3v) is 12.6. The minimum Gasteiger partial charge on any atom is -0.497 e. The van der Waals surface area contributed by atoms with Gasteiger partial charge in [0.1, 0.15) is 5.75 Å². The van der Waals surface area contributed by atoms with E-state index in [1.807, 2.05) is 28.8 Å². The highest BCUT2D eigenvalue weighted by molar-refractivity contribution is 7.98. The quantitative estimate of drug-likeness (QED) is 0.187. The predicted octanol–water partition coefficient (Wildman–Crippen LogP) is 7.99. The molecule has 2 aromatic carbocycles. The minimum atomic E-state index is -0.0818. The number of rotatable bonds is 8. The second kappa shape index (κ2) is 14.5. The molecule has 2 fully saturated rings. The van der Waals surface area contributed by atoms with Crippen molar-refractivity contribution in [1.82, 2.24) is 28.9 Å². The number of hydrogen-bond donors (Lipinski definition) is 1. The first kappa shape index (κ1) is 35.4. The second-order valence-electron chi connectivity index (χ2n) is 14.9. The van der Waals surface area contributed by atoms with Gasteiger partial charge in [-0.25, -0.2) is 0 Å². The van der Waals surface area contributed by atoms with Crippen molar-refractivity contribution in [2.45, 2.75) is 96.0 Å². The Kier molecular flexibility index (Phi) is 10.1. The van der Waals surface area contributed by atoms with E-state index in [0.717, 1.165) is 52.9 Å². The highest BCUT2D eigenvalue weighted by atomic mass is 32.2. The highest BCUT2D eigenvalue weighted by Gasteiger charge is 2.34. The molecule has 1 N–H and O–H groups in total. The van der Waals surface area contributed by atoms with Crippen molar-refractivity contribution in [2.75, 3.05) is 27.2 Å². The van der Waals surface area contributed by atoms with Gasteiger partial charge >= 0.3 is 0 Å². The largest absolute Gasteiger partial charge is 0.497 e. The zero-order chi connectivity index (χ0) is 36.0. The number of benzene rings is 2. The number of carbonyl (C=O) groups excluding carboxylic acids is 2. The summed E-state index contributed by atoms with van der Waals surface area (Å²) >= 11 is 1.48. The maximum atomic E-state index is 14.4. The van der Waals surface area contributed by atoms with Crippen molar-refractivity contribution in [3.05, 3.63) is 70.5 Å². The van der Waals surface area contributed by atoms with Gasteiger partial charge in [0.05, 0.1) is 36.8 Å². The Labute approximate surface area is 306 Å².